The lowest BCUT2D eigenvalue weighted by molar-refractivity contribution is -0.115. The lowest BCUT2D eigenvalue weighted by Crippen LogP contribution is -2.37. The Labute approximate surface area is 106 Å². The maximum atomic E-state index is 11.4. The van der Waals surface area contributed by atoms with Crippen LogP contribution in [0.4, 0.5) is 0 Å². The third-order valence-corrected chi connectivity index (χ3v) is 4.55. The van der Waals surface area contributed by atoms with Crippen LogP contribution in [0.3, 0.4) is 0 Å². The Hall–Kier alpha value is -1.27. The van der Waals surface area contributed by atoms with E-state index in [0.29, 0.717) is 0 Å². The summed E-state index contributed by atoms with van der Waals surface area (Å²) in [5, 5.41) is 5.06. The maximum Gasteiger partial charge on any atom is 0.295 e. The monoisotopic (exact) mass is 247 g/mol. The highest BCUT2D eigenvalue weighted by atomic mass is 32.1. The van der Waals surface area contributed by atoms with Gasteiger partial charge in [0.15, 0.2) is 0 Å². The van der Waals surface area contributed by atoms with E-state index in [0.717, 1.165) is 6.54 Å². The fraction of sp³-hybridized carbons (Fsp3) is 0.500. The first-order valence-electron chi connectivity index (χ1n) is 6.01. The third-order valence-electron chi connectivity index (χ3n) is 3.43. The number of thiophene rings is 1. The van der Waals surface area contributed by atoms with E-state index in [-0.39, 0.29) is 11.3 Å². The van der Waals surface area contributed by atoms with E-state index < -0.39 is 0 Å². The number of carbonyl (C=O) groups is 1. The molecule has 0 atom stereocenters. The lowest BCUT2D eigenvalue weighted by Gasteiger charge is -2.27. The number of hydrogen-bond donors (Lipinski definition) is 1. The van der Waals surface area contributed by atoms with Gasteiger partial charge < -0.3 is 5.32 Å². The van der Waals surface area contributed by atoms with Crippen LogP contribution in [-0.2, 0) is 10.2 Å². The Kier molecular flexibility index (Phi) is 3.86. The van der Waals surface area contributed by atoms with Crippen LogP contribution >= 0.6 is 11.3 Å². The number of amides is 1. The van der Waals surface area contributed by atoms with Crippen molar-refractivity contribution in [2.75, 3.05) is 6.54 Å². The van der Waals surface area contributed by atoms with Gasteiger partial charge in [-0.05, 0) is 37.1 Å². The number of nitrogens with one attached hydrogen (secondary N) is 1. The molecule has 0 saturated heterocycles. The van der Waals surface area contributed by atoms with Gasteiger partial charge in [0.1, 0.15) is 0 Å². The average Bonchev–Trinajstić information content (AvgIpc) is 2.98. The summed E-state index contributed by atoms with van der Waals surface area (Å²) in [6.45, 7) is 2.41. The first kappa shape index (κ1) is 12.2. The van der Waals surface area contributed by atoms with E-state index in [4.69, 9.17) is 0 Å². The van der Waals surface area contributed by atoms with E-state index in [1.54, 1.807) is 18.3 Å². The molecule has 1 N–H and O–H groups in total. The zero-order chi connectivity index (χ0) is 12.1. The molecular formula is C14H17NOS. The van der Waals surface area contributed by atoms with Crippen molar-refractivity contribution in [1.29, 1.82) is 0 Å². The van der Waals surface area contributed by atoms with E-state index in [1.807, 2.05) is 0 Å². The van der Waals surface area contributed by atoms with Gasteiger partial charge in [0, 0.05) is 16.8 Å². The Morgan fingerprint density at radius 3 is 2.88 bits per heavy atom. The molecule has 1 aromatic heterocycles. The number of hydrogen-bond acceptors (Lipinski definition) is 2. The van der Waals surface area contributed by atoms with E-state index in [2.05, 4.69) is 34.7 Å². The van der Waals surface area contributed by atoms with Crippen LogP contribution in [0, 0.1) is 11.8 Å². The Morgan fingerprint density at radius 1 is 1.53 bits per heavy atom. The van der Waals surface area contributed by atoms with Gasteiger partial charge in [0.05, 0.1) is 0 Å². The van der Waals surface area contributed by atoms with Gasteiger partial charge in [0.2, 0.25) is 0 Å². The summed E-state index contributed by atoms with van der Waals surface area (Å²) in [7, 11) is 0. The fourth-order valence-electron chi connectivity index (χ4n) is 2.55. The SMILES string of the molecule is CC#CC(=O)NCC1(c2cccs2)CCCC1. The lowest BCUT2D eigenvalue weighted by atomic mass is 9.84. The topological polar surface area (TPSA) is 29.1 Å². The maximum absolute atomic E-state index is 11.4. The highest BCUT2D eigenvalue weighted by Gasteiger charge is 2.36. The van der Waals surface area contributed by atoms with Crippen LogP contribution in [0.5, 0.6) is 0 Å². The first-order valence-corrected chi connectivity index (χ1v) is 6.89. The normalized spacial score (nSPS) is 17.2. The minimum atomic E-state index is -0.157. The van der Waals surface area contributed by atoms with Crippen molar-refractivity contribution in [1.82, 2.24) is 5.32 Å². The van der Waals surface area contributed by atoms with Crippen LogP contribution in [0.1, 0.15) is 37.5 Å². The molecule has 2 nitrogen and oxygen atoms in total. The van der Waals surface area contributed by atoms with Gasteiger partial charge in [-0.25, -0.2) is 0 Å². The van der Waals surface area contributed by atoms with Crippen molar-refractivity contribution >= 4 is 17.2 Å². The molecule has 1 aliphatic carbocycles. The van der Waals surface area contributed by atoms with Crippen molar-refractivity contribution in [2.24, 2.45) is 0 Å². The summed E-state index contributed by atoms with van der Waals surface area (Å²) >= 11 is 1.80. The molecule has 0 bridgehead atoms. The number of rotatable bonds is 3. The second-order valence-corrected chi connectivity index (χ2v) is 5.47. The summed E-state index contributed by atoms with van der Waals surface area (Å²) in [6, 6.07) is 4.28. The molecule has 0 unspecified atom stereocenters. The quantitative estimate of drug-likeness (QED) is 0.818. The van der Waals surface area contributed by atoms with Gasteiger partial charge in [0.25, 0.3) is 5.91 Å². The largest absolute Gasteiger partial charge is 0.344 e. The molecule has 0 aromatic carbocycles. The van der Waals surface area contributed by atoms with Crippen LogP contribution in [-0.4, -0.2) is 12.5 Å². The highest BCUT2D eigenvalue weighted by molar-refractivity contribution is 7.10. The summed E-state index contributed by atoms with van der Waals surface area (Å²) in [5.41, 5.74) is 0.166. The van der Waals surface area contributed by atoms with Crippen molar-refractivity contribution in [3.05, 3.63) is 22.4 Å². The smallest absolute Gasteiger partial charge is 0.295 e. The summed E-state index contributed by atoms with van der Waals surface area (Å²) in [6.07, 6.45) is 4.86. The van der Waals surface area contributed by atoms with Crippen molar-refractivity contribution in [2.45, 2.75) is 38.0 Å². The van der Waals surface area contributed by atoms with Gasteiger partial charge in [-0.1, -0.05) is 24.8 Å². The minimum Gasteiger partial charge on any atom is -0.344 e. The molecule has 1 amide bonds. The third kappa shape index (κ3) is 2.70. The molecule has 0 spiro atoms. The molecule has 17 heavy (non-hydrogen) atoms. The van der Waals surface area contributed by atoms with Crippen molar-refractivity contribution < 1.29 is 4.79 Å². The zero-order valence-corrected chi connectivity index (χ0v) is 10.9. The summed E-state index contributed by atoms with van der Waals surface area (Å²) in [5.74, 6) is 5.01. The first-order chi connectivity index (χ1) is 8.27. The molecule has 1 heterocycles. The molecule has 1 saturated carbocycles. The van der Waals surface area contributed by atoms with Crippen molar-refractivity contribution in [3.8, 4) is 11.8 Å². The second-order valence-electron chi connectivity index (χ2n) is 4.52. The molecule has 2 rings (SSSR count). The molecule has 1 aromatic rings. The molecule has 0 aliphatic heterocycles. The van der Waals surface area contributed by atoms with Crippen LogP contribution in [0.2, 0.25) is 0 Å². The summed E-state index contributed by atoms with van der Waals surface area (Å²) < 4.78 is 0. The van der Waals surface area contributed by atoms with Crippen molar-refractivity contribution in [3.63, 3.8) is 0 Å². The molecule has 90 valence electrons. The van der Waals surface area contributed by atoms with Gasteiger partial charge in [-0.15, -0.1) is 11.3 Å². The molecule has 1 aliphatic rings. The van der Waals surface area contributed by atoms with E-state index in [9.17, 15) is 4.79 Å². The average molecular weight is 247 g/mol. The molecule has 3 heteroatoms. The predicted molar refractivity (Wildman–Crippen MR) is 70.9 cm³/mol. The second kappa shape index (κ2) is 5.37. The molecule has 0 radical (unpaired) electrons. The van der Waals surface area contributed by atoms with Gasteiger partial charge in [-0.3, -0.25) is 4.79 Å². The Morgan fingerprint density at radius 2 is 2.29 bits per heavy atom. The van der Waals surface area contributed by atoms with Gasteiger partial charge in [-0.2, -0.15) is 0 Å². The van der Waals surface area contributed by atoms with E-state index in [1.165, 1.54) is 30.6 Å². The predicted octanol–water partition coefficient (Wildman–Crippen LogP) is 2.70. The van der Waals surface area contributed by atoms with E-state index >= 15 is 0 Å². The molecular weight excluding hydrogens is 230 g/mol. The minimum absolute atomic E-state index is 0.157. The summed E-state index contributed by atoms with van der Waals surface area (Å²) in [4.78, 5) is 12.8. The zero-order valence-electron chi connectivity index (χ0n) is 10.1. The van der Waals surface area contributed by atoms with Gasteiger partial charge >= 0.3 is 0 Å². The number of carbonyl (C=O) groups excluding carboxylic acids is 1. The highest BCUT2D eigenvalue weighted by Crippen LogP contribution is 2.42. The Balaban J connectivity index is 2.07. The Bertz CT molecular complexity index is 433. The van der Waals surface area contributed by atoms with Crippen LogP contribution in [0.25, 0.3) is 0 Å². The fourth-order valence-corrected chi connectivity index (χ4v) is 3.54. The van der Waals surface area contributed by atoms with Crippen LogP contribution in [0.15, 0.2) is 17.5 Å². The van der Waals surface area contributed by atoms with Crippen LogP contribution < -0.4 is 5.32 Å². The molecule has 1 fully saturated rings. The standard InChI is InChI=1S/C14H17NOS/c1-2-6-13(16)15-11-14(8-3-4-9-14)12-7-5-10-17-12/h5,7,10H,3-4,8-9,11H2,1H3,(H,15,16).